The van der Waals surface area contributed by atoms with Crippen LogP contribution in [0.3, 0.4) is 0 Å². The quantitative estimate of drug-likeness (QED) is 0.770. The van der Waals surface area contributed by atoms with Crippen LogP contribution < -0.4 is 5.73 Å². The van der Waals surface area contributed by atoms with Crippen molar-refractivity contribution in [1.29, 1.82) is 0 Å². The lowest BCUT2D eigenvalue weighted by Crippen LogP contribution is -2.37. The van der Waals surface area contributed by atoms with Gasteiger partial charge < -0.3 is 10.5 Å². The number of hydrogen-bond donors (Lipinski definition) is 1. The Morgan fingerprint density at radius 2 is 2.13 bits per heavy atom. The SMILES string of the molecule is Nc1ccnn1CCCN1CCOCC1. The highest BCUT2D eigenvalue weighted by Gasteiger charge is 2.09. The Morgan fingerprint density at radius 3 is 2.80 bits per heavy atom. The Kier molecular flexibility index (Phi) is 3.58. The summed E-state index contributed by atoms with van der Waals surface area (Å²) in [5.41, 5.74) is 5.73. The molecule has 0 amide bonds. The summed E-state index contributed by atoms with van der Waals surface area (Å²) in [4.78, 5) is 2.42. The molecule has 1 saturated heterocycles. The van der Waals surface area contributed by atoms with Crippen LogP contribution in [-0.2, 0) is 11.3 Å². The lowest BCUT2D eigenvalue weighted by molar-refractivity contribution is 0.0368. The largest absolute Gasteiger partial charge is 0.384 e. The number of anilines is 1. The molecular formula is C10H18N4O. The van der Waals surface area contributed by atoms with Crippen LogP contribution in [0.2, 0.25) is 0 Å². The normalized spacial score (nSPS) is 18.1. The van der Waals surface area contributed by atoms with Gasteiger partial charge >= 0.3 is 0 Å². The molecule has 2 rings (SSSR count). The molecule has 15 heavy (non-hydrogen) atoms. The van der Waals surface area contributed by atoms with Crippen LogP contribution in [-0.4, -0.2) is 47.5 Å². The number of rotatable bonds is 4. The van der Waals surface area contributed by atoms with Gasteiger partial charge in [-0.25, -0.2) is 0 Å². The molecule has 0 unspecified atom stereocenters. The zero-order chi connectivity index (χ0) is 10.5. The summed E-state index contributed by atoms with van der Waals surface area (Å²) < 4.78 is 7.14. The second-order valence-electron chi connectivity index (χ2n) is 3.79. The number of morpholine rings is 1. The van der Waals surface area contributed by atoms with Crippen LogP contribution in [0.25, 0.3) is 0 Å². The first kappa shape index (κ1) is 10.4. The predicted octanol–water partition coefficient (Wildman–Crippen LogP) is 0.188. The Bertz CT molecular complexity index is 293. The fourth-order valence-electron chi connectivity index (χ4n) is 1.80. The molecule has 0 spiro atoms. The van der Waals surface area contributed by atoms with E-state index in [0.29, 0.717) is 0 Å². The topological polar surface area (TPSA) is 56.3 Å². The van der Waals surface area contributed by atoms with Crippen molar-refractivity contribution in [2.24, 2.45) is 0 Å². The zero-order valence-corrected chi connectivity index (χ0v) is 8.93. The first-order chi connectivity index (χ1) is 7.36. The molecule has 0 bridgehead atoms. The summed E-state index contributed by atoms with van der Waals surface area (Å²) in [5.74, 6) is 0.747. The predicted molar refractivity (Wildman–Crippen MR) is 58.5 cm³/mol. The maximum absolute atomic E-state index is 5.73. The molecule has 2 heterocycles. The third-order valence-corrected chi connectivity index (χ3v) is 2.70. The van der Waals surface area contributed by atoms with Gasteiger partial charge in [-0.05, 0) is 12.5 Å². The van der Waals surface area contributed by atoms with Crippen LogP contribution in [0.15, 0.2) is 12.3 Å². The summed E-state index contributed by atoms with van der Waals surface area (Å²) in [6.07, 6.45) is 2.83. The van der Waals surface area contributed by atoms with Crippen LogP contribution in [0.5, 0.6) is 0 Å². The summed E-state index contributed by atoms with van der Waals surface area (Å²) >= 11 is 0. The van der Waals surface area contributed by atoms with E-state index in [2.05, 4.69) is 10.00 Å². The molecule has 1 aromatic rings. The van der Waals surface area contributed by atoms with E-state index >= 15 is 0 Å². The van der Waals surface area contributed by atoms with Crippen molar-refractivity contribution in [1.82, 2.24) is 14.7 Å². The van der Waals surface area contributed by atoms with E-state index in [1.807, 2.05) is 10.7 Å². The molecule has 0 radical (unpaired) electrons. The van der Waals surface area contributed by atoms with Gasteiger partial charge in [0.05, 0.1) is 19.4 Å². The van der Waals surface area contributed by atoms with Crippen molar-refractivity contribution < 1.29 is 4.74 Å². The van der Waals surface area contributed by atoms with Crippen LogP contribution in [0, 0.1) is 0 Å². The Hall–Kier alpha value is -1.07. The summed E-state index contributed by atoms with van der Waals surface area (Å²) in [7, 11) is 0. The standard InChI is InChI=1S/C10H18N4O/c11-10-2-3-12-14(10)5-1-4-13-6-8-15-9-7-13/h2-3H,1,4-9,11H2. The van der Waals surface area contributed by atoms with E-state index in [-0.39, 0.29) is 0 Å². The van der Waals surface area contributed by atoms with Crippen LogP contribution in [0.4, 0.5) is 5.82 Å². The third-order valence-electron chi connectivity index (χ3n) is 2.70. The second-order valence-corrected chi connectivity index (χ2v) is 3.79. The third kappa shape index (κ3) is 2.94. The molecule has 1 fully saturated rings. The van der Waals surface area contributed by atoms with E-state index in [0.717, 1.165) is 51.6 Å². The number of nitrogens with zero attached hydrogens (tertiary/aromatic N) is 3. The van der Waals surface area contributed by atoms with E-state index in [1.165, 1.54) is 0 Å². The monoisotopic (exact) mass is 210 g/mol. The number of aromatic nitrogens is 2. The fourth-order valence-corrected chi connectivity index (χ4v) is 1.80. The van der Waals surface area contributed by atoms with Gasteiger partial charge in [0.2, 0.25) is 0 Å². The lowest BCUT2D eigenvalue weighted by atomic mass is 10.3. The summed E-state index contributed by atoms with van der Waals surface area (Å²) in [6, 6.07) is 1.83. The van der Waals surface area contributed by atoms with Gasteiger partial charge in [0.15, 0.2) is 0 Å². The first-order valence-corrected chi connectivity index (χ1v) is 5.43. The molecule has 84 valence electrons. The van der Waals surface area contributed by atoms with Crippen molar-refractivity contribution in [2.45, 2.75) is 13.0 Å². The highest BCUT2D eigenvalue weighted by atomic mass is 16.5. The molecule has 1 aliphatic heterocycles. The summed E-state index contributed by atoms with van der Waals surface area (Å²) in [5, 5.41) is 4.15. The van der Waals surface area contributed by atoms with Crippen molar-refractivity contribution in [3.8, 4) is 0 Å². The van der Waals surface area contributed by atoms with Crippen molar-refractivity contribution >= 4 is 5.82 Å². The maximum atomic E-state index is 5.73. The van der Waals surface area contributed by atoms with E-state index in [1.54, 1.807) is 6.20 Å². The lowest BCUT2D eigenvalue weighted by Gasteiger charge is -2.26. The minimum atomic E-state index is 0.747. The minimum Gasteiger partial charge on any atom is -0.384 e. The number of ether oxygens (including phenoxy) is 1. The Labute approximate surface area is 89.8 Å². The van der Waals surface area contributed by atoms with Gasteiger partial charge in [0.1, 0.15) is 5.82 Å². The molecular weight excluding hydrogens is 192 g/mol. The zero-order valence-electron chi connectivity index (χ0n) is 8.93. The molecule has 0 saturated carbocycles. The number of aryl methyl sites for hydroxylation is 1. The first-order valence-electron chi connectivity index (χ1n) is 5.43. The number of nitrogens with two attached hydrogens (primary N) is 1. The average molecular weight is 210 g/mol. The molecule has 5 heteroatoms. The smallest absolute Gasteiger partial charge is 0.121 e. The van der Waals surface area contributed by atoms with Gasteiger partial charge in [-0.1, -0.05) is 0 Å². The molecule has 0 aliphatic carbocycles. The van der Waals surface area contributed by atoms with Crippen molar-refractivity contribution in [3.05, 3.63) is 12.3 Å². The highest BCUT2D eigenvalue weighted by Crippen LogP contribution is 2.03. The molecule has 0 atom stereocenters. The highest BCUT2D eigenvalue weighted by molar-refractivity contribution is 5.25. The van der Waals surface area contributed by atoms with Crippen molar-refractivity contribution in [3.63, 3.8) is 0 Å². The van der Waals surface area contributed by atoms with Crippen LogP contribution >= 0.6 is 0 Å². The number of nitrogen functional groups attached to an aromatic ring is 1. The van der Waals surface area contributed by atoms with Gasteiger partial charge in [-0.15, -0.1) is 0 Å². The molecule has 2 N–H and O–H groups in total. The number of hydrogen-bond acceptors (Lipinski definition) is 4. The Balaban J connectivity index is 1.68. The molecule has 1 aromatic heterocycles. The summed E-state index contributed by atoms with van der Waals surface area (Å²) in [6.45, 7) is 5.83. The van der Waals surface area contributed by atoms with Crippen LogP contribution in [0.1, 0.15) is 6.42 Å². The molecule has 5 nitrogen and oxygen atoms in total. The van der Waals surface area contributed by atoms with Gasteiger partial charge in [0.25, 0.3) is 0 Å². The fraction of sp³-hybridized carbons (Fsp3) is 0.700. The molecule has 0 aromatic carbocycles. The maximum Gasteiger partial charge on any atom is 0.121 e. The van der Waals surface area contributed by atoms with Gasteiger partial charge in [0, 0.05) is 26.2 Å². The van der Waals surface area contributed by atoms with E-state index in [4.69, 9.17) is 10.5 Å². The van der Waals surface area contributed by atoms with E-state index < -0.39 is 0 Å². The average Bonchev–Trinajstić information content (AvgIpc) is 2.66. The van der Waals surface area contributed by atoms with Gasteiger partial charge in [-0.3, -0.25) is 9.58 Å². The second kappa shape index (κ2) is 5.14. The molecule has 1 aliphatic rings. The van der Waals surface area contributed by atoms with Gasteiger partial charge in [-0.2, -0.15) is 5.10 Å². The minimum absolute atomic E-state index is 0.747. The Morgan fingerprint density at radius 1 is 1.33 bits per heavy atom. The van der Waals surface area contributed by atoms with Crippen molar-refractivity contribution in [2.75, 3.05) is 38.6 Å². The van der Waals surface area contributed by atoms with E-state index in [9.17, 15) is 0 Å².